The summed E-state index contributed by atoms with van der Waals surface area (Å²) in [6.45, 7) is 2.93. The van der Waals surface area contributed by atoms with Crippen molar-refractivity contribution in [1.29, 1.82) is 0 Å². The van der Waals surface area contributed by atoms with E-state index in [1.807, 2.05) is 0 Å². The van der Waals surface area contributed by atoms with Gasteiger partial charge >= 0.3 is 19.8 Å². The van der Waals surface area contributed by atoms with Crippen LogP contribution < -0.4 is 10.6 Å². The number of hydrogen-bond acceptors (Lipinski definition) is 12. The smallest absolute Gasteiger partial charge is 0.462 e. The van der Waals surface area contributed by atoms with Gasteiger partial charge in [0.05, 0.1) is 26.4 Å². The summed E-state index contributed by atoms with van der Waals surface area (Å²) in [7, 11) is -4.65. The molecule has 0 rings (SSSR count). The van der Waals surface area contributed by atoms with E-state index in [4.69, 9.17) is 33.5 Å². The van der Waals surface area contributed by atoms with Crippen molar-refractivity contribution < 1.29 is 56.6 Å². The highest BCUT2D eigenvalue weighted by Crippen LogP contribution is 2.43. The summed E-state index contributed by atoms with van der Waals surface area (Å²) in [6.07, 6.45) is 38.0. The van der Waals surface area contributed by atoms with Gasteiger partial charge in [0.1, 0.15) is 19.8 Å². The fourth-order valence-corrected chi connectivity index (χ4v) is 7.46. The van der Waals surface area contributed by atoms with Crippen LogP contribution in [0.5, 0.6) is 0 Å². The van der Waals surface area contributed by atoms with E-state index in [-0.39, 0.29) is 72.1 Å². The van der Waals surface area contributed by atoms with E-state index in [2.05, 4.69) is 58.8 Å². The molecule has 388 valence electrons. The van der Waals surface area contributed by atoms with Gasteiger partial charge in [-0.25, -0.2) is 4.57 Å². The second kappa shape index (κ2) is 49.1. The number of phosphoric ester groups is 1. The second-order valence-electron chi connectivity index (χ2n) is 16.8. The van der Waals surface area contributed by atoms with Crippen molar-refractivity contribution in [2.24, 2.45) is 5.11 Å². The molecule has 67 heavy (non-hydrogen) atoms. The van der Waals surface area contributed by atoms with Crippen molar-refractivity contribution in [3.05, 3.63) is 34.7 Å². The fraction of sp³-hybridized carbons (Fsp3) is 0.837. The zero-order valence-electron chi connectivity index (χ0n) is 41.5. The first-order valence-electron chi connectivity index (χ1n) is 25.6. The first-order chi connectivity index (χ1) is 32.6. The third kappa shape index (κ3) is 48.9. The Balaban J connectivity index is 4.60. The first-order valence-corrected chi connectivity index (χ1v) is 27.1. The molecule has 0 radical (unpaired) electrons. The number of allylic oxidation sites excluding steroid dienone is 4. The predicted octanol–water partition coefficient (Wildman–Crippen LogP) is 11.2. The summed E-state index contributed by atoms with van der Waals surface area (Å²) in [5.74, 6) is -1.89. The minimum Gasteiger partial charge on any atom is -0.462 e. The zero-order valence-corrected chi connectivity index (χ0v) is 42.4. The molecule has 0 aliphatic carbocycles. The summed E-state index contributed by atoms with van der Waals surface area (Å²) in [5.41, 5.74) is 8.22. The standard InChI is InChI=1S/C49H90N5O12P/c1-3-5-7-9-11-13-15-17-19-21-23-25-27-29-31-33-48(57)63-41-45(66-49(58)34-32-30-28-26-24-22-20-18-16-14-12-10-8-6-4-2)42-65-67(59,60)64-40-36-52-47(56)43-61-38-35-51-46(55)44-62-39-37-53-54-50/h17-20,45H,3-16,21-44H2,1-2H3,(H,51,55)(H,52,56)(H,59,60)/b19-17+,20-18+. The van der Waals surface area contributed by atoms with Crippen molar-refractivity contribution in [3.8, 4) is 0 Å². The maximum absolute atomic E-state index is 12.8. The van der Waals surface area contributed by atoms with Gasteiger partial charge in [-0.3, -0.25) is 28.2 Å². The normalized spacial score (nSPS) is 12.8. The van der Waals surface area contributed by atoms with Crippen LogP contribution in [0.1, 0.15) is 194 Å². The van der Waals surface area contributed by atoms with Crippen LogP contribution in [-0.2, 0) is 51.7 Å². The molecule has 0 aliphatic heterocycles. The number of hydrogen-bond donors (Lipinski definition) is 3. The lowest BCUT2D eigenvalue weighted by Crippen LogP contribution is -2.33. The Bertz CT molecular complexity index is 1380. The molecule has 0 aromatic rings. The number of unbranched alkanes of at least 4 members (excludes halogenated alkanes) is 22. The average molecular weight is 972 g/mol. The van der Waals surface area contributed by atoms with Crippen LogP contribution in [0.15, 0.2) is 29.4 Å². The number of ether oxygens (including phenoxy) is 4. The Morgan fingerprint density at radius 2 is 1.01 bits per heavy atom. The van der Waals surface area contributed by atoms with Crippen molar-refractivity contribution in [1.82, 2.24) is 10.6 Å². The molecule has 2 unspecified atom stereocenters. The highest BCUT2D eigenvalue weighted by molar-refractivity contribution is 7.47. The molecule has 0 aliphatic rings. The minimum absolute atomic E-state index is 0.0459. The van der Waals surface area contributed by atoms with Crippen LogP contribution in [0.2, 0.25) is 0 Å². The van der Waals surface area contributed by atoms with Crippen LogP contribution in [-0.4, -0.2) is 101 Å². The summed E-state index contributed by atoms with van der Waals surface area (Å²) in [5, 5.41) is 8.31. The highest BCUT2D eigenvalue weighted by atomic mass is 31.2. The number of rotatable bonds is 50. The Labute approximate surface area is 403 Å². The number of nitrogens with zero attached hydrogens (tertiary/aromatic N) is 3. The lowest BCUT2D eigenvalue weighted by atomic mass is 10.1. The van der Waals surface area contributed by atoms with Crippen molar-refractivity contribution in [2.45, 2.75) is 200 Å². The quantitative estimate of drug-likeness (QED) is 0.00982. The molecule has 0 bridgehead atoms. The molecule has 0 heterocycles. The van der Waals surface area contributed by atoms with Gasteiger partial charge in [0.2, 0.25) is 11.8 Å². The topological polar surface area (TPSA) is 234 Å². The molecule has 0 aromatic carbocycles. The van der Waals surface area contributed by atoms with E-state index < -0.39 is 44.3 Å². The van der Waals surface area contributed by atoms with E-state index in [0.717, 1.165) is 77.0 Å². The number of esters is 2. The third-order valence-corrected chi connectivity index (χ3v) is 11.5. The lowest BCUT2D eigenvalue weighted by molar-refractivity contribution is -0.161. The Hall–Kier alpha value is -3.30. The van der Waals surface area contributed by atoms with Gasteiger partial charge < -0.3 is 34.5 Å². The average Bonchev–Trinajstić information content (AvgIpc) is 3.31. The number of carbonyl (C=O) groups excluding carboxylic acids is 4. The highest BCUT2D eigenvalue weighted by Gasteiger charge is 2.26. The lowest BCUT2D eigenvalue weighted by Gasteiger charge is -2.20. The molecular formula is C49H90N5O12P. The summed E-state index contributed by atoms with van der Waals surface area (Å²) < 4.78 is 43.9. The summed E-state index contributed by atoms with van der Waals surface area (Å²) in [4.78, 5) is 62.0. The van der Waals surface area contributed by atoms with Gasteiger partial charge in [-0.2, -0.15) is 0 Å². The molecule has 0 aromatic heterocycles. The van der Waals surface area contributed by atoms with Crippen LogP contribution >= 0.6 is 7.82 Å². The van der Waals surface area contributed by atoms with Crippen LogP contribution in [0.3, 0.4) is 0 Å². The van der Waals surface area contributed by atoms with E-state index in [0.29, 0.717) is 12.8 Å². The SMILES string of the molecule is CCCCCCCC/C=C/CCCCCCCC(=O)OCC(COP(=O)(O)OCCNC(=O)COCCNC(=O)COCCN=[N+]=[N-])OC(=O)CCCCCCC/C=C/CCCCCCCC. The van der Waals surface area contributed by atoms with Crippen molar-refractivity contribution in [2.75, 3.05) is 65.9 Å². The Kier molecular flexibility index (Phi) is 46.7. The van der Waals surface area contributed by atoms with Crippen molar-refractivity contribution in [3.63, 3.8) is 0 Å². The van der Waals surface area contributed by atoms with Crippen LogP contribution in [0, 0.1) is 0 Å². The van der Waals surface area contributed by atoms with Gasteiger partial charge in [-0.15, -0.1) is 0 Å². The van der Waals surface area contributed by atoms with Gasteiger partial charge in [-0.1, -0.05) is 146 Å². The van der Waals surface area contributed by atoms with Gasteiger partial charge in [0, 0.05) is 37.4 Å². The first kappa shape index (κ1) is 63.7. The van der Waals surface area contributed by atoms with E-state index in [1.54, 1.807) is 0 Å². The number of carbonyl (C=O) groups is 4. The fourth-order valence-electron chi connectivity index (χ4n) is 6.71. The molecule has 0 saturated heterocycles. The monoisotopic (exact) mass is 972 g/mol. The number of nitrogens with one attached hydrogen (secondary N) is 2. The van der Waals surface area contributed by atoms with Crippen LogP contribution in [0.4, 0.5) is 0 Å². The number of azide groups is 1. The molecule has 2 atom stereocenters. The molecule has 2 amide bonds. The number of phosphoric acid groups is 1. The largest absolute Gasteiger partial charge is 0.472 e. The van der Waals surface area contributed by atoms with Crippen LogP contribution in [0.25, 0.3) is 10.4 Å². The Morgan fingerprint density at radius 3 is 1.51 bits per heavy atom. The second-order valence-corrected chi connectivity index (χ2v) is 18.3. The molecule has 0 saturated carbocycles. The van der Waals surface area contributed by atoms with Crippen molar-refractivity contribution >= 4 is 31.6 Å². The maximum atomic E-state index is 12.8. The van der Waals surface area contributed by atoms with E-state index in [1.165, 1.54) is 77.0 Å². The third-order valence-electron chi connectivity index (χ3n) is 10.5. The predicted molar refractivity (Wildman–Crippen MR) is 263 cm³/mol. The molecule has 3 N–H and O–H groups in total. The molecular weight excluding hydrogens is 882 g/mol. The Morgan fingerprint density at radius 1 is 0.582 bits per heavy atom. The molecule has 18 heteroatoms. The summed E-state index contributed by atoms with van der Waals surface area (Å²) >= 11 is 0. The van der Waals surface area contributed by atoms with E-state index >= 15 is 0 Å². The molecule has 0 spiro atoms. The maximum Gasteiger partial charge on any atom is 0.472 e. The number of amides is 2. The van der Waals surface area contributed by atoms with Gasteiger partial charge in [-0.05, 0) is 69.7 Å². The van der Waals surface area contributed by atoms with Gasteiger partial charge in [0.15, 0.2) is 6.10 Å². The minimum atomic E-state index is -4.65. The molecule has 0 fully saturated rings. The van der Waals surface area contributed by atoms with E-state index in [9.17, 15) is 28.6 Å². The van der Waals surface area contributed by atoms with Gasteiger partial charge in [0.25, 0.3) is 0 Å². The summed E-state index contributed by atoms with van der Waals surface area (Å²) in [6, 6.07) is 0. The zero-order chi connectivity index (χ0) is 49.2. The molecule has 17 nitrogen and oxygen atoms in total.